The Bertz CT molecular complexity index is 1330. The molecule has 1 aliphatic heterocycles. The van der Waals surface area contributed by atoms with Crippen molar-refractivity contribution in [2.45, 2.75) is 35.2 Å². The van der Waals surface area contributed by atoms with Gasteiger partial charge in [0.05, 0.1) is 22.7 Å². The second-order valence-electron chi connectivity index (χ2n) is 8.53. The smallest absolute Gasteiger partial charge is 0.416 e. The summed E-state index contributed by atoms with van der Waals surface area (Å²) in [6.07, 6.45) is -3.06. The van der Waals surface area contributed by atoms with Crippen LogP contribution in [0.5, 0.6) is 11.5 Å². The van der Waals surface area contributed by atoms with Gasteiger partial charge in [0.15, 0.2) is 14.6 Å². The van der Waals surface area contributed by atoms with Gasteiger partial charge in [0.25, 0.3) is 5.91 Å². The lowest BCUT2D eigenvalue weighted by atomic mass is 9.95. The Hall–Kier alpha value is -3.19. The number of carbonyl (C=O) groups is 1. The molecular weight excluding hydrogens is 547 g/mol. The van der Waals surface area contributed by atoms with Crippen molar-refractivity contribution in [3.63, 3.8) is 0 Å². The summed E-state index contributed by atoms with van der Waals surface area (Å²) >= 11 is 0. The highest BCUT2D eigenvalue weighted by molar-refractivity contribution is 7.93. The van der Waals surface area contributed by atoms with Gasteiger partial charge in [-0.15, -0.1) is 12.4 Å². The summed E-state index contributed by atoms with van der Waals surface area (Å²) < 4.78 is 69.4. The number of aromatic nitrogens is 1. The van der Waals surface area contributed by atoms with Crippen molar-refractivity contribution < 1.29 is 36.3 Å². The molecule has 3 aromatic rings. The van der Waals surface area contributed by atoms with E-state index >= 15 is 0 Å². The van der Waals surface area contributed by atoms with Crippen LogP contribution >= 0.6 is 12.4 Å². The fourth-order valence-electron chi connectivity index (χ4n) is 4.14. The number of pyridine rings is 1. The molecule has 1 aromatic heterocycles. The number of rotatable bonds is 7. The number of hydroxylamine groups is 2. The first-order valence-corrected chi connectivity index (χ1v) is 12.8. The molecule has 204 valence electrons. The Kier molecular flexibility index (Phi) is 9.03. The van der Waals surface area contributed by atoms with Crippen LogP contribution in [-0.4, -0.2) is 47.4 Å². The number of carbonyl (C=O) groups excluding carboxylic acids is 1. The van der Waals surface area contributed by atoms with Crippen LogP contribution in [0.1, 0.15) is 24.1 Å². The van der Waals surface area contributed by atoms with Crippen molar-refractivity contribution in [2.75, 3.05) is 13.1 Å². The van der Waals surface area contributed by atoms with E-state index in [0.29, 0.717) is 10.8 Å². The zero-order valence-corrected chi connectivity index (χ0v) is 21.5. The van der Waals surface area contributed by atoms with Gasteiger partial charge in [-0.2, -0.15) is 13.2 Å². The largest absolute Gasteiger partial charge is 0.457 e. The van der Waals surface area contributed by atoms with Crippen LogP contribution in [-0.2, 0) is 27.4 Å². The number of nitrogens with one attached hydrogen (secondary N) is 1. The molecule has 0 radical (unpaired) electrons. The Morgan fingerprint density at radius 1 is 1.00 bits per heavy atom. The van der Waals surface area contributed by atoms with Crippen molar-refractivity contribution in [1.82, 2.24) is 15.4 Å². The number of nitrogens with zero attached hydrogens (tertiary/aromatic N) is 2. The molecule has 0 atom stereocenters. The van der Waals surface area contributed by atoms with Crippen LogP contribution in [0.25, 0.3) is 0 Å². The zero-order valence-electron chi connectivity index (χ0n) is 19.9. The Balaban J connectivity index is 0.00000400. The Labute approximate surface area is 223 Å². The number of amides is 1. The van der Waals surface area contributed by atoms with Gasteiger partial charge in [0.2, 0.25) is 0 Å². The highest BCUT2D eigenvalue weighted by Crippen LogP contribution is 2.37. The van der Waals surface area contributed by atoms with Gasteiger partial charge in [-0.3, -0.25) is 15.0 Å². The molecular formula is C25H25ClF3N3O5S. The van der Waals surface area contributed by atoms with E-state index in [1.54, 1.807) is 18.2 Å². The first kappa shape index (κ1) is 29.4. The maximum Gasteiger partial charge on any atom is 0.416 e. The molecule has 1 aliphatic rings. The molecule has 1 amide bonds. The summed E-state index contributed by atoms with van der Waals surface area (Å²) in [6.45, 7) is 0.249. The van der Waals surface area contributed by atoms with E-state index in [9.17, 15) is 31.6 Å². The number of hydrogen-bond donors (Lipinski definition) is 2. The highest BCUT2D eigenvalue weighted by Gasteiger charge is 2.53. The molecule has 0 spiro atoms. The van der Waals surface area contributed by atoms with Crippen molar-refractivity contribution in [2.24, 2.45) is 0 Å². The minimum atomic E-state index is -4.47. The van der Waals surface area contributed by atoms with E-state index in [2.05, 4.69) is 10.3 Å². The van der Waals surface area contributed by atoms with Gasteiger partial charge in [-0.1, -0.05) is 6.07 Å². The molecule has 1 saturated heterocycles. The SMILES string of the molecule is Cl.O=C(N(O)Cc1ccccn1)C1(S(=O)(=O)c2ccc(Oc3ccc(C(F)(F)F)cc3)cc2)CCNCC1. The van der Waals surface area contributed by atoms with Crippen LogP contribution < -0.4 is 10.1 Å². The number of alkyl halides is 3. The number of halogens is 4. The molecule has 0 bridgehead atoms. The monoisotopic (exact) mass is 571 g/mol. The quantitative estimate of drug-likeness (QED) is 0.314. The zero-order chi connectivity index (χ0) is 26.7. The normalized spacial score (nSPS) is 15.3. The van der Waals surface area contributed by atoms with Crippen LogP contribution in [0.3, 0.4) is 0 Å². The fourth-order valence-corrected chi connectivity index (χ4v) is 6.16. The van der Waals surface area contributed by atoms with Gasteiger partial charge in [-0.05, 0) is 86.6 Å². The van der Waals surface area contributed by atoms with Crippen LogP contribution in [0, 0.1) is 0 Å². The molecule has 0 aliphatic carbocycles. The predicted octanol–water partition coefficient (Wildman–Crippen LogP) is 4.63. The maximum absolute atomic E-state index is 13.8. The third kappa shape index (κ3) is 6.09. The topological polar surface area (TPSA) is 109 Å². The van der Waals surface area contributed by atoms with Crippen LogP contribution in [0.15, 0.2) is 77.8 Å². The number of ether oxygens (including phenoxy) is 1. The summed E-state index contributed by atoms with van der Waals surface area (Å²) in [6, 6.07) is 14.3. The van der Waals surface area contributed by atoms with Gasteiger partial charge in [0.1, 0.15) is 11.5 Å². The molecule has 1 fully saturated rings. The number of piperidine rings is 1. The van der Waals surface area contributed by atoms with Crippen molar-refractivity contribution in [1.29, 1.82) is 0 Å². The van der Waals surface area contributed by atoms with E-state index in [-0.39, 0.29) is 61.3 Å². The second kappa shape index (κ2) is 11.7. The lowest BCUT2D eigenvalue weighted by molar-refractivity contribution is -0.172. The van der Waals surface area contributed by atoms with E-state index in [0.717, 1.165) is 24.3 Å². The standard InChI is InChI=1S/C25H24F3N3O5S.ClH/c26-25(27,28)18-4-6-20(7-5-18)36-21-8-10-22(11-9-21)37(34,35)24(12-15-29-16-13-24)23(32)31(33)17-19-3-1-2-14-30-19;/h1-11,14,29,33H,12-13,15-17H2;1H. The summed E-state index contributed by atoms with van der Waals surface area (Å²) in [7, 11) is -4.26. The van der Waals surface area contributed by atoms with E-state index < -0.39 is 32.2 Å². The average Bonchev–Trinajstić information content (AvgIpc) is 2.89. The fraction of sp³-hybridized carbons (Fsp3) is 0.280. The van der Waals surface area contributed by atoms with Crippen molar-refractivity contribution >= 4 is 28.2 Å². The average molecular weight is 572 g/mol. The third-order valence-electron chi connectivity index (χ3n) is 6.14. The molecule has 0 saturated carbocycles. The third-order valence-corrected chi connectivity index (χ3v) is 8.64. The van der Waals surface area contributed by atoms with E-state index in [4.69, 9.17) is 4.74 Å². The van der Waals surface area contributed by atoms with Gasteiger partial charge >= 0.3 is 6.18 Å². The Morgan fingerprint density at radius 2 is 1.58 bits per heavy atom. The summed E-state index contributed by atoms with van der Waals surface area (Å²) in [5.41, 5.74) is -0.427. The molecule has 0 unspecified atom stereocenters. The second-order valence-corrected chi connectivity index (χ2v) is 10.8. The Morgan fingerprint density at radius 3 is 2.11 bits per heavy atom. The molecule has 2 aromatic carbocycles. The highest BCUT2D eigenvalue weighted by atomic mass is 35.5. The van der Waals surface area contributed by atoms with Crippen LogP contribution in [0.4, 0.5) is 13.2 Å². The lowest BCUT2D eigenvalue weighted by Crippen LogP contribution is -2.57. The minimum absolute atomic E-state index is 0. The van der Waals surface area contributed by atoms with E-state index in [1.807, 2.05) is 0 Å². The molecule has 13 heteroatoms. The summed E-state index contributed by atoms with van der Waals surface area (Å²) in [5, 5.41) is 14.0. The summed E-state index contributed by atoms with van der Waals surface area (Å²) in [5.74, 6) is -0.605. The molecule has 8 nitrogen and oxygen atoms in total. The first-order chi connectivity index (χ1) is 17.5. The van der Waals surface area contributed by atoms with Gasteiger partial charge < -0.3 is 10.1 Å². The maximum atomic E-state index is 13.8. The molecule has 2 heterocycles. The number of benzene rings is 2. The lowest BCUT2D eigenvalue weighted by Gasteiger charge is -2.37. The van der Waals surface area contributed by atoms with Gasteiger partial charge in [0, 0.05) is 6.20 Å². The minimum Gasteiger partial charge on any atom is -0.457 e. The van der Waals surface area contributed by atoms with Gasteiger partial charge in [-0.25, -0.2) is 13.5 Å². The molecule has 38 heavy (non-hydrogen) atoms. The van der Waals surface area contributed by atoms with Crippen LogP contribution in [0.2, 0.25) is 0 Å². The molecule has 4 rings (SSSR count). The summed E-state index contributed by atoms with van der Waals surface area (Å²) in [4.78, 5) is 17.3. The predicted molar refractivity (Wildman–Crippen MR) is 134 cm³/mol. The van der Waals surface area contributed by atoms with E-state index in [1.165, 1.54) is 30.5 Å². The van der Waals surface area contributed by atoms with Crippen molar-refractivity contribution in [3.8, 4) is 11.5 Å². The number of sulfone groups is 1. The first-order valence-electron chi connectivity index (χ1n) is 11.3. The molecule has 2 N–H and O–H groups in total. The van der Waals surface area contributed by atoms with Crippen molar-refractivity contribution in [3.05, 3.63) is 84.2 Å². The number of hydrogen-bond acceptors (Lipinski definition) is 7.